The van der Waals surface area contributed by atoms with E-state index in [0.717, 1.165) is 0 Å². The number of rotatable bonds is 0. The van der Waals surface area contributed by atoms with Crippen LogP contribution in [0, 0.1) is 0 Å². The summed E-state index contributed by atoms with van der Waals surface area (Å²) >= 11 is -5.62. The van der Waals surface area contributed by atoms with E-state index in [9.17, 15) is 0 Å². The molecule has 0 unspecified atom stereocenters. The molecule has 0 aliphatic heterocycles. The molecule has 0 fully saturated rings. The van der Waals surface area contributed by atoms with Crippen LogP contribution in [0.25, 0.3) is 0 Å². The second kappa shape index (κ2) is 1.16. The van der Waals surface area contributed by atoms with E-state index in [-0.39, 0.29) is 0 Å². The molecule has 0 saturated heterocycles. The van der Waals surface area contributed by atoms with Gasteiger partial charge in [-0.25, -0.2) is 0 Å². The predicted octanol–water partition coefficient (Wildman–Crippen LogP) is -3.06. The minimum atomic E-state index is -5.62. The van der Waals surface area contributed by atoms with Gasteiger partial charge in [0.05, 0.1) is 0 Å². The average Bonchev–Trinajstić information content (AvgIpc) is 0.722. The maximum absolute atomic E-state index is 8.72. The van der Waals surface area contributed by atoms with Gasteiger partial charge in [-0.15, -0.1) is 0 Å². The third-order valence-corrected chi connectivity index (χ3v) is 0. The zero-order valence-electron chi connectivity index (χ0n) is 2.12. The Hall–Kier alpha value is 0.264. The van der Waals surface area contributed by atoms with Gasteiger partial charge in [0, 0.05) is 0 Å². The molecule has 5 heavy (non-hydrogen) atoms. The van der Waals surface area contributed by atoms with Crippen molar-refractivity contribution in [3.63, 3.8) is 0 Å². The quantitative estimate of drug-likeness (QED) is 0.364. The minimum absolute atomic E-state index is 5.62. The van der Waals surface area contributed by atoms with Crippen LogP contribution in [-0.4, -0.2) is 4.03 Å². The molecule has 0 atom stereocenters. The Bertz CT molecular complexity index is 49.8. The molecule has 0 bridgehead atoms. The second-order valence-corrected chi connectivity index (χ2v) is 1.93. The molecule has 32 valence electrons. The average molecular weight is 116 g/mol. The molecule has 4 nitrogen and oxygen atoms in total. The summed E-state index contributed by atoms with van der Waals surface area (Å²) in [4.78, 5) is 0. The topological polar surface area (TPSA) is 83.4 Å². The molecule has 0 aliphatic carbocycles. The first-order chi connectivity index (χ1) is 2.00. The molecule has 0 aromatic rings. The predicted molar refractivity (Wildman–Crippen MR) is 2.91 cm³/mol. The van der Waals surface area contributed by atoms with Crippen LogP contribution in [0.2, 0.25) is 0 Å². The molecule has 0 spiro atoms. The third-order valence-electron chi connectivity index (χ3n) is 0. The number of hydrogen-bond acceptors (Lipinski definition) is 3. The van der Waals surface area contributed by atoms with E-state index in [4.69, 9.17) is 15.8 Å². The zero-order valence-corrected chi connectivity index (χ0v) is 3.52. The van der Waals surface area contributed by atoms with E-state index in [2.05, 4.69) is 0 Å². The fourth-order valence-corrected chi connectivity index (χ4v) is 0. The van der Waals surface area contributed by atoms with Crippen molar-refractivity contribution in [2.75, 3.05) is 0 Å². The molecule has 0 aromatic carbocycles. The first-order valence-corrected chi connectivity index (χ1v) is 3.08. The van der Waals surface area contributed by atoms with Crippen LogP contribution in [0.3, 0.4) is 0 Å². The first kappa shape index (κ1) is 5.26. The van der Waals surface area contributed by atoms with Gasteiger partial charge in [0.2, 0.25) is 0 Å². The van der Waals surface area contributed by atoms with Crippen molar-refractivity contribution in [3.05, 3.63) is 0 Å². The summed E-state index contributed by atoms with van der Waals surface area (Å²) < 4.78 is 33.2. The molecule has 0 saturated carbocycles. The van der Waals surface area contributed by atoms with Crippen molar-refractivity contribution in [3.8, 4) is 0 Å². The van der Waals surface area contributed by atoms with Crippen molar-refractivity contribution in [1.29, 1.82) is 0 Å². The van der Waals surface area contributed by atoms with Crippen LogP contribution in [0.4, 0.5) is 0 Å². The Balaban J connectivity index is 3.47. The van der Waals surface area contributed by atoms with E-state index in [1.54, 1.807) is 0 Å². The molecule has 0 radical (unpaired) electrons. The van der Waals surface area contributed by atoms with Gasteiger partial charge < -0.3 is 0 Å². The van der Waals surface area contributed by atoms with Gasteiger partial charge in [-0.05, 0) is 0 Å². The molecule has 5 heteroatoms. The third kappa shape index (κ3) is 313. The van der Waals surface area contributed by atoms with Gasteiger partial charge in [-0.2, -0.15) is 0 Å². The van der Waals surface area contributed by atoms with Crippen molar-refractivity contribution >= 4 is 0 Å². The summed E-state index contributed by atoms with van der Waals surface area (Å²) in [6.07, 6.45) is 0. The van der Waals surface area contributed by atoms with Gasteiger partial charge in [0.1, 0.15) is 0 Å². The van der Waals surface area contributed by atoms with Crippen molar-refractivity contribution < 1.29 is 30.8 Å². The van der Waals surface area contributed by atoms with Crippen LogP contribution in [0.1, 0.15) is 0 Å². The molecule has 0 heterocycles. The fraction of sp³-hybridized carbons (Fsp3) is 0. The van der Waals surface area contributed by atoms with Crippen LogP contribution in [0.15, 0.2) is 0 Å². The molecule has 0 aromatic heterocycles. The van der Waals surface area contributed by atoms with Gasteiger partial charge in [0.25, 0.3) is 0 Å². The summed E-state index contributed by atoms with van der Waals surface area (Å²) in [5.41, 5.74) is 0. The maximum atomic E-state index is 8.72. The van der Waals surface area contributed by atoms with E-state index in [1.165, 1.54) is 0 Å². The van der Waals surface area contributed by atoms with Crippen LogP contribution < -0.4 is 8.06 Å². The molecule has 0 rings (SSSR count). The standard InChI is InChI=1S/H2O.3O.V/h1H2;;;;/q;;2*-1;+1/p-1. The van der Waals surface area contributed by atoms with Gasteiger partial charge in [0.15, 0.2) is 0 Å². The molecular formula is HO4V-2. The Morgan fingerprint density at radius 2 is 1.60 bits per heavy atom. The monoisotopic (exact) mass is 116 g/mol. The van der Waals surface area contributed by atoms with Crippen molar-refractivity contribution in [2.24, 2.45) is 0 Å². The summed E-state index contributed by atoms with van der Waals surface area (Å²) in [5.74, 6) is 0. The second-order valence-electron chi connectivity index (χ2n) is 0.469. The molecule has 0 amide bonds. The molecular weight excluding hydrogens is 115 g/mol. The Morgan fingerprint density at radius 1 is 1.60 bits per heavy atom. The van der Waals surface area contributed by atoms with Crippen LogP contribution >= 0.6 is 0 Å². The summed E-state index contributed by atoms with van der Waals surface area (Å²) in [5, 5.41) is 0. The summed E-state index contributed by atoms with van der Waals surface area (Å²) in [6, 6.07) is 0. The number of hydrogen-bond donors (Lipinski definition) is 1. The molecule has 0 aliphatic rings. The Morgan fingerprint density at radius 3 is 1.60 bits per heavy atom. The first-order valence-electron chi connectivity index (χ1n) is 0.748. The zero-order chi connectivity index (χ0) is 4.50. The van der Waals surface area contributed by atoms with E-state index in [1.807, 2.05) is 0 Å². The summed E-state index contributed by atoms with van der Waals surface area (Å²) in [6.45, 7) is 0. The van der Waals surface area contributed by atoms with Crippen LogP contribution in [-0.2, 0) is 18.7 Å². The van der Waals surface area contributed by atoms with Crippen molar-refractivity contribution in [2.45, 2.75) is 0 Å². The van der Waals surface area contributed by atoms with E-state index < -0.39 is 15.0 Å². The van der Waals surface area contributed by atoms with Gasteiger partial charge in [-0.3, -0.25) is 0 Å². The fourth-order valence-electron chi connectivity index (χ4n) is 0. The van der Waals surface area contributed by atoms with E-state index >= 15 is 0 Å². The SMILES string of the molecule is [O]=[V]([O-])([O-])[OH]. The van der Waals surface area contributed by atoms with Crippen LogP contribution in [0.5, 0.6) is 0 Å². The van der Waals surface area contributed by atoms with Gasteiger partial charge in [-0.1, -0.05) is 0 Å². The molecule has 1 N–H and O–H groups in total. The summed E-state index contributed by atoms with van der Waals surface area (Å²) in [7, 11) is 0. The van der Waals surface area contributed by atoms with Crippen molar-refractivity contribution in [1.82, 2.24) is 0 Å². The Labute approximate surface area is 31.6 Å². The Kier molecular flexibility index (Phi) is 1.22. The van der Waals surface area contributed by atoms with E-state index in [0.29, 0.717) is 0 Å². The van der Waals surface area contributed by atoms with Gasteiger partial charge >= 0.3 is 30.8 Å². The normalized spacial score (nSPS) is 11.8.